The molecule has 0 spiro atoms. The van der Waals surface area contributed by atoms with Gasteiger partial charge in [0.25, 0.3) is 5.91 Å². The number of hydrogen-bond acceptors (Lipinski definition) is 5. The van der Waals surface area contributed by atoms with Crippen molar-refractivity contribution in [3.63, 3.8) is 0 Å². The average Bonchev–Trinajstić information content (AvgIpc) is 2.69. The molecule has 6 nitrogen and oxygen atoms in total. The van der Waals surface area contributed by atoms with E-state index in [1.165, 1.54) is 6.42 Å². The summed E-state index contributed by atoms with van der Waals surface area (Å²) in [7, 11) is 0. The second-order valence-corrected chi connectivity index (χ2v) is 7.00. The Hall–Kier alpha value is -1.95. The van der Waals surface area contributed by atoms with Crippen LogP contribution in [-0.4, -0.2) is 44.0 Å². The molecule has 0 saturated heterocycles. The summed E-state index contributed by atoms with van der Waals surface area (Å²) in [5.41, 5.74) is 0.263. The average molecular weight is 379 g/mol. The standard InChI is InChI=1S/C21H33NO5/c1-4-25-17-12-16(13-18(26-5-2)19(17)27-6-3)20(24)22-14-21(15-23)10-8-7-9-11-21/h12-13,23H,4-11,14-15H2,1-3H3,(H,22,24). The minimum absolute atomic E-state index is 0.102. The highest BCUT2D eigenvalue weighted by atomic mass is 16.5. The van der Waals surface area contributed by atoms with Gasteiger partial charge in [0.15, 0.2) is 11.5 Å². The lowest BCUT2D eigenvalue weighted by Crippen LogP contribution is -2.41. The Morgan fingerprint density at radius 2 is 1.56 bits per heavy atom. The molecule has 27 heavy (non-hydrogen) atoms. The molecule has 0 heterocycles. The van der Waals surface area contributed by atoms with E-state index in [-0.39, 0.29) is 17.9 Å². The summed E-state index contributed by atoms with van der Waals surface area (Å²) in [4.78, 5) is 12.8. The zero-order valence-electron chi connectivity index (χ0n) is 16.8. The van der Waals surface area contributed by atoms with Gasteiger partial charge in [0, 0.05) is 17.5 Å². The predicted molar refractivity (Wildman–Crippen MR) is 105 cm³/mol. The van der Waals surface area contributed by atoms with E-state index in [4.69, 9.17) is 14.2 Å². The molecule has 1 amide bonds. The van der Waals surface area contributed by atoms with Gasteiger partial charge in [0.2, 0.25) is 5.75 Å². The molecule has 0 aliphatic heterocycles. The van der Waals surface area contributed by atoms with Crippen molar-refractivity contribution in [2.45, 2.75) is 52.9 Å². The Morgan fingerprint density at radius 1 is 1.00 bits per heavy atom. The lowest BCUT2D eigenvalue weighted by atomic mass is 9.74. The third-order valence-corrected chi connectivity index (χ3v) is 5.04. The molecule has 6 heteroatoms. The smallest absolute Gasteiger partial charge is 0.251 e. The van der Waals surface area contributed by atoms with Gasteiger partial charge < -0.3 is 24.6 Å². The zero-order valence-corrected chi connectivity index (χ0v) is 16.8. The molecule has 1 fully saturated rings. The van der Waals surface area contributed by atoms with E-state index in [0.717, 1.165) is 25.7 Å². The van der Waals surface area contributed by atoms with E-state index in [1.54, 1.807) is 12.1 Å². The molecule has 1 aromatic carbocycles. The van der Waals surface area contributed by atoms with Crippen molar-refractivity contribution in [2.75, 3.05) is 33.0 Å². The number of aliphatic hydroxyl groups excluding tert-OH is 1. The summed E-state index contributed by atoms with van der Waals surface area (Å²) in [6.07, 6.45) is 5.29. The SMILES string of the molecule is CCOc1cc(C(=O)NCC2(CO)CCCCC2)cc(OCC)c1OCC. The quantitative estimate of drug-likeness (QED) is 0.650. The van der Waals surface area contributed by atoms with Gasteiger partial charge >= 0.3 is 0 Å². The molecule has 2 rings (SSSR count). The Kier molecular flexibility index (Phi) is 8.23. The molecule has 0 bridgehead atoms. The number of hydrogen-bond donors (Lipinski definition) is 2. The minimum atomic E-state index is -0.204. The fourth-order valence-corrected chi connectivity index (χ4v) is 3.58. The van der Waals surface area contributed by atoms with Crippen LogP contribution in [0.4, 0.5) is 0 Å². The molecule has 1 saturated carbocycles. The molecule has 2 N–H and O–H groups in total. The molecule has 0 aromatic heterocycles. The summed E-state index contributed by atoms with van der Waals surface area (Å²) in [6.45, 7) is 7.65. The topological polar surface area (TPSA) is 77.0 Å². The van der Waals surface area contributed by atoms with Crippen molar-refractivity contribution < 1.29 is 24.1 Å². The summed E-state index contributed by atoms with van der Waals surface area (Å²) in [5.74, 6) is 1.34. The van der Waals surface area contributed by atoms with E-state index in [1.807, 2.05) is 20.8 Å². The molecular weight excluding hydrogens is 346 g/mol. The second-order valence-electron chi connectivity index (χ2n) is 7.00. The van der Waals surface area contributed by atoms with Crippen LogP contribution in [0.5, 0.6) is 17.2 Å². The maximum atomic E-state index is 12.8. The van der Waals surface area contributed by atoms with Crippen LogP contribution in [-0.2, 0) is 0 Å². The van der Waals surface area contributed by atoms with Gasteiger partial charge in [-0.15, -0.1) is 0 Å². The Bertz CT molecular complexity index is 584. The van der Waals surface area contributed by atoms with E-state index >= 15 is 0 Å². The lowest BCUT2D eigenvalue weighted by molar-refractivity contribution is 0.0717. The predicted octanol–water partition coefficient (Wildman–Crippen LogP) is 3.56. The number of nitrogens with one attached hydrogen (secondary N) is 1. The van der Waals surface area contributed by atoms with E-state index in [9.17, 15) is 9.90 Å². The maximum absolute atomic E-state index is 12.8. The van der Waals surface area contributed by atoms with Crippen LogP contribution in [0.1, 0.15) is 63.2 Å². The van der Waals surface area contributed by atoms with Crippen LogP contribution in [0.15, 0.2) is 12.1 Å². The number of amides is 1. The molecule has 1 aliphatic rings. The highest BCUT2D eigenvalue weighted by Crippen LogP contribution is 2.39. The van der Waals surface area contributed by atoms with Gasteiger partial charge in [-0.2, -0.15) is 0 Å². The first kappa shape index (κ1) is 21.4. The van der Waals surface area contributed by atoms with E-state index < -0.39 is 0 Å². The van der Waals surface area contributed by atoms with Crippen molar-refractivity contribution in [3.8, 4) is 17.2 Å². The Labute approximate surface area is 162 Å². The highest BCUT2D eigenvalue weighted by Gasteiger charge is 2.32. The van der Waals surface area contributed by atoms with Gasteiger partial charge in [-0.25, -0.2) is 0 Å². The first-order valence-electron chi connectivity index (χ1n) is 10.0. The van der Waals surface area contributed by atoms with Crippen molar-refractivity contribution in [3.05, 3.63) is 17.7 Å². The molecule has 0 unspecified atom stereocenters. The van der Waals surface area contributed by atoms with Crippen molar-refractivity contribution >= 4 is 5.91 Å². The van der Waals surface area contributed by atoms with Crippen LogP contribution < -0.4 is 19.5 Å². The monoisotopic (exact) mass is 379 g/mol. The zero-order chi connectivity index (χ0) is 19.7. The number of aliphatic hydroxyl groups is 1. The summed E-state index contributed by atoms with van der Waals surface area (Å²) in [5, 5.41) is 12.8. The van der Waals surface area contributed by atoms with Crippen molar-refractivity contribution in [1.29, 1.82) is 0 Å². The Morgan fingerprint density at radius 3 is 2.04 bits per heavy atom. The fraction of sp³-hybridized carbons (Fsp3) is 0.667. The second kappa shape index (κ2) is 10.4. The molecule has 0 radical (unpaired) electrons. The normalized spacial score (nSPS) is 15.9. The number of benzene rings is 1. The van der Waals surface area contributed by atoms with Crippen LogP contribution in [0.3, 0.4) is 0 Å². The number of carbonyl (C=O) groups is 1. The molecular formula is C21H33NO5. The third-order valence-electron chi connectivity index (χ3n) is 5.04. The summed E-state index contributed by atoms with van der Waals surface area (Å²) in [6, 6.07) is 3.39. The highest BCUT2D eigenvalue weighted by molar-refractivity contribution is 5.95. The van der Waals surface area contributed by atoms with Crippen LogP contribution in [0.2, 0.25) is 0 Å². The maximum Gasteiger partial charge on any atom is 0.251 e. The van der Waals surface area contributed by atoms with Gasteiger partial charge in [0.1, 0.15) is 0 Å². The van der Waals surface area contributed by atoms with Crippen LogP contribution >= 0.6 is 0 Å². The van der Waals surface area contributed by atoms with Crippen molar-refractivity contribution in [2.24, 2.45) is 5.41 Å². The first-order valence-corrected chi connectivity index (χ1v) is 10.0. The van der Waals surface area contributed by atoms with Crippen LogP contribution in [0, 0.1) is 5.41 Å². The molecule has 1 aromatic rings. The molecule has 1 aliphatic carbocycles. The fourth-order valence-electron chi connectivity index (χ4n) is 3.58. The van der Waals surface area contributed by atoms with Crippen molar-refractivity contribution in [1.82, 2.24) is 5.32 Å². The summed E-state index contributed by atoms with van der Waals surface area (Å²) >= 11 is 0. The third kappa shape index (κ3) is 5.51. The van der Waals surface area contributed by atoms with Gasteiger partial charge in [-0.05, 0) is 45.7 Å². The first-order chi connectivity index (χ1) is 13.1. The van der Waals surface area contributed by atoms with Crippen LogP contribution in [0.25, 0.3) is 0 Å². The minimum Gasteiger partial charge on any atom is -0.490 e. The van der Waals surface area contributed by atoms with E-state index in [0.29, 0.717) is 49.2 Å². The largest absolute Gasteiger partial charge is 0.490 e. The number of rotatable bonds is 10. The molecule has 152 valence electrons. The van der Waals surface area contributed by atoms with Gasteiger partial charge in [-0.1, -0.05) is 19.3 Å². The van der Waals surface area contributed by atoms with Gasteiger partial charge in [0.05, 0.1) is 26.4 Å². The molecule has 0 atom stereocenters. The number of ether oxygens (including phenoxy) is 3. The van der Waals surface area contributed by atoms with Gasteiger partial charge in [-0.3, -0.25) is 4.79 Å². The lowest BCUT2D eigenvalue weighted by Gasteiger charge is -2.35. The summed E-state index contributed by atoms with van der Waals surface area (Å²) < 4.78 is 17.0. The van der Waals surface area contributed by atoms with E-state index in [2.05, 4.69) is 5.32 Å². The number of carbonyl (C=O) groups excluding carboxylic acids is 1. The Balaban J connectivity index is 2.21.